The van der Waals surface area contributed by atoms with Crippen molar-refractivity contribution < 1.29 is 4.79 Å². The highest BCUT2D eigenvalue weighted by Crippen LogP contribution is 2.18. The van der Waals surface area contributed by atoms with Gasteiger partial charge >= 0.3 is 0 Å². The van der Waals surface area contributed by atoms with Crippen molar-refractivity contribution in [2.45, 2.75) is 27.2 Å². The third-order valence-electron chi connectivity index (χ3n) is 3.96. The summed E-state index contributed by atoms with van der Waals surface area (Å²) >= 11 is 0. The van der Waals surface area contributed by atoms with Gasteiger partial charge in [0.25, 0.3) is 0 Å². The van der Waals surface area contributed by atoms with Gasteiger partial charge in [0.1, 0.15) is 0 Å². The standard InChI is InChI=1S/C19H19N3O/c1-13-4-6-18(7-5-13)22-12-17(14(2)21-22)10-16-11-20-9-8-19(16)15(3)23/h4-9,11-12H,10H2,1-3H3. The van der Waals surface area contributed by atoms with Crippen molar-refractivity contribution in [2.24, 2.45) is 0 Å². The van der Waals surface area contributed by atoms with Crippen LogP contribution >= 0.6 is 0 Å². The molecule has 0 amide bonds. The molecule has 0 atom stereocenters. The highest BCUT2D eigenvalue weighted by atomic mass is 16.1. The number of rotatable bonds is 4. The Labute approximate surface area is 135 Å². The number of carbonyl (C=O) groups is 1. The zero-order valence-electron chi connectivity index (χ0n) is 13.6. The molecule has 0 bridgehead atoms. The average molecular weight is 305 g/mol. The topological polar surface area (TPSA) is 47.8 Å². The molecule has 0 aliphatic heterocycles. The summed E-state index contributed by atoms with van der Waals surface area (Å²) in [5.74, 6) is 0.0611. The molecule has 0 saturated carbocycles. The number of carbonyl (C=O) groups excluding carboxylic acids is 1. The van der Waals surface area contributed by atoms with E-state index in [4.69, 9.17) is 0 Å². The lowest BCUT2D eigenvalue weighted by molar-refractivity contribution is 0.101. The van der Waals surface area contributed by atoms with E-state index in [2.05, 4.69) is 41.3 Å². The number of aryl methyl sites for hydroxylation is 2. The SMILES string of the molecule is CC(=O)c1ccncc1Cc1cn(-c2ccc(C)cc2)nc1C. The van der Waals surface area contributed by atoms with Gasteiger partial charge in [0, 0.05) is 30.6 Å². The number of nitrogens with zero attached hydrogens (tertiary/aromatic N) is 3. The molecule has 0 radical (unpaired) electrons. The predicted molar refractivity (Wildman–Crippen MR) is 90.1 cm³/mol. The van der Waals surface area contributed by atoms with E-state index >= 15 is 0 Å². The fourth-order valence-corrected chi connectivity index (χ4v) is 2.62. The van der Waals surface area contributed by atoms with Crippen molar-refractivity contribution in [3.63, 3.8) is 0 Å². The predicted octanol–water partition coefficient (Wildman–Crippen LogP) is 3.68. The van der Waals surface area contributed by atoms with Crippen LogP contribution in [0.25, 0.3) is 5.69 Å². The van der Waals surface area contributed by atoms with Gasteiger partial charge < -0.3 is 0 Å². The minimum atomic E-state index is 0.0611. The van der Waals surface area contributed by atoms with Gasteiger partial charge in [-0.3, -0.25) is 9.78 Å². The van der Waals surface area contributed by atoms with Crippen LogP contribution in [0.4, 0.5) is 0 Å². The zero-order chi connectivity index (χ0) is 16.4. The van der Waals surface area contributed by atoms with E-state index < -0.39 is 0 Å². The number of aromatic nitrogens is 3. The van der Waals surface area contributed by atoms with Crippen LogP contribution in [0, 0.1) is 13.8 Å². The smallest absolute Gasteiger partial charge is 0.160 e. The molecule has 116 valence electrons. The maximum Gasteiger partial charge on any atom is 0.160 e. The van der Waals surface area contributed by atoms with E-state index in [1.165, 1.54) is 5.56 Å². The molecule has 0 aliphatic rings. The maximum absolute atomic E-state index is 11.8. The molecule has 23 heavy (non-hydrogen) atoms. The molecule has 3 rings (SSSR count). The van der Waals surface area contributed by atoms with E-state index in [9.17, 15) is 4.79 Å². The first-order valence-corrected chi connectivity index (χ1v) is 7.60. The molecule has 0 spiro atoms. The second-order valence-electron chi connectivity index (χ2n) is 5.79. The van der Waals surface area contributed by atoms with Gasteiger partial charge in [0.05, 0.1) is 11.4 Å². The molecule has 0 unspecified atom stereocenters. The van der Waals surface area contributed by atoms with Gasteiger partial charge in [0.15, 0.2) is 5.78 Å². The van der Waals surface area contributed by atoms with Gasteiger partial charge in [-0.2, -0.15) is 5.10 Å². The molecule has 4 nitrogen and oxygen atoms in total. The van der Waals surface area contributed by atoms with Crippen LogP contribution in [0.1, 0.15) is 39.7 Å². The number of Topliss-reactive ketones (excluding diaryl/α,β-unsaturated/α-hetero) is 1. The third kappa shape index (κ3) is 3.21. The molecule has 2 heterocycles. The average Bonchev–Trinajstić information content (AvgIpc) is 2.89. The minimum absolute atomic E-state index is 0.0611. The summed E-state index contributed by atoms with van der Waals surface area (Å²) in [4.78, 5) is 15.9. The van der Waals surface area contributed by atoms with Crippen molar-refractivity contribution in [3.8, 4) is 5.69 Å². The molecule has 0 saturated heterocycles. The summed E-state index contributed by atoms with van der Waals surface area (Å²) < 4.78 is 1.88. The molecular weight excluding hydrogens is 286 g/mol. The van der Waals surface area contributed by atoms with E-state index in [0.29, 0.717) is 6.42 Å². The van der Waals surface area contributed by atoms with Crippen molar-refractivity contribution >= 4 is 5.78 Å². The highest BCUT2D eigenvalue weighted by Gasteiger charge is 2.12. The Bertz CT molecular complexity index is 847. The number of hydrogen-bond acceptors (Lipinski definition) is 3. The van der Waals surface area contributed by atoms with Crippen molar-refractivity contribution in [2.75, 3.05) is 0 Å². The Morgan fingerprint density at radius 2 is 1.83 bits per heavy atom. The second kappa shape index (κ2) is 6.16. The van der Waals surface area contributed by atoms with E-state index in [1.807, 2.05) is 17.8 Å². The van der Waals surface area contributed by atoms with Gasteiger partial charge in [0.2, 0.25) is 0 Å². The number of ketones is 1. The highest BCUT2D eigenvalue weighted by molar-refractivity contribution is 5.95. The maximum atomic E-state index is 11.8. The van der Waals surface area contributed by atoms with Crippen LogP contribution < -0.4 is 0 Å². The Morgan fingerprint density at radius 3 is 2.52 bits per heavy atom. The van der Waals surface area contributed by atoms with Crippen LogP contribution in [0.5, 0.6) is 0 Å². The van der Waals surface area contributed by atoms with Crippen LogP contribution in [0.2, 0.25) is 0 Å². The Hall–Kier alpha value is -2.75. The van der Waals surface area contributed by atoms with E-state index in [-0.39, 0.29) is 5.78 Å². The molecule has 0 fully saturated rings. The fraction of sp³-hybridized carbons (Fsp3) is 0.211. The van der Waals surface area contributed by atoms with E-state index in [1.54, 1.807) is 25.4 Å². The van der Waals surface area contributed by atoms with Crippen LogP contribution in [-0.4, -0.2) is 20.5 Å². The number of benzene rings is 1. The first-order chi connectivity index (χ1) is 11.0. The van der Waals surface area contributed by atoms with Crippen LogP contribution in [0.15, 0.2) is 48.9 Å². The van der Waals surface area contributed by atoms with Gasteiger partial charge in [-0.15, -0.1) is 0 Å². The Balaban J connectivity index is 1.93. The summed E-state index contributed by atoms with van der Waals surface area (Å²) in [6.45, 7) is 5.64. The van der Waals surface area contributed by atoms with Gasteiger partial charge in [-0.1, -0.05) is 17.7 Å². The first kappa shape index (κ1) is 15.2. The lowest BCUT2D eigenvalue weighted by atomic mass is 10.0. The molecule has 1 aromatic carbocycles. The molecule has 0 aliphatic carbocycles. The van der Waals surface area contributed by atoms with Crippen molar-refractivity contribution in [1.82, 2.24) is 14.8 Å². The lowest BCUT2D eigenvalue weighted by Gasteiger charge is -2.05. The summed E-state index contributed by atoms with van der Waals surface area (Å²) in [7, 11) is 0. The summed E-state index contributed by atoms with van der Waals surface area (Å²) in [6, 6.07) is 10.0. The molecule has 3 aromatic rings. The quantitative estimate of drug-likeness (QED) is 0.691. The number of hydrogen-bond donors (Lipinski definition) is 0. The second-order valence-corrected chi connectivity index (χ2v) is 5.79. The summed E-state index contributed by atoms with van der Waals surface area (Å²) in [6.07, 6.45) is 6.10. The number of pyridine rings is 1. The molecule has 0 N–H and O–H groups in total. The van der Waals surface area contributed by atoms with Crippen LogP contribution in [-0.2, 0) is 6.42 Å². The molecule has 4 heteroatoms. The first-order valence-electron chi connectivity index (χ1n) is 7.60. The molecular formula is C19H19N3O. The zero-order valence-corrected chi connectivity index (χ0v) is 13.6. The molecule has 2 aromatic heterocycles. The largest absolute Gasteiger partial charge is 0.294 e. The Morgan fingerprint density at radius 1 is 1.09 bits per heavy atom. The Kier molecular flexibility index (Phi) is 4.06. The van der Waals surface area contributed by atoms with Crippen molar-refractivity contribution in [3.05, 3.63) is 76.9 Å². The normalized spacial score (nSPS) is 10.7. The summed E-state index contributed by atoms with van der Waals surface area (Å²) in [5, 5.41) is 4.59. The van der Waals surface area contributed by atoms with Gasteiger partial charge in [-0.25, -0.2) is 4.68 Å². The van der Waals surface area contributed by atoms with Gasteiger partial charge in [-0.05, 0) is 50.1 Å². The van der Waals surface area contributed by atoms with E-state index in [0.717, 1.165) is 28.1 Å². The monoisotopic (exact) mass is 305 g/mol. The van der Waals surface area contributed by atoms with Crippen LogP contribution in [0.3, 0.4) is 0 Å². The van der Waals surface area contributed by atoms with Crippen molar-refractivity contribution in [1.29, 1.82) is 0 Å². The summed E-state index contributed by atoms with van der Waals surface area (Å²) in [5.41, 5.74) is 5.97. The minimum Gasteiger partial charge on any atom is -0.294 e. The third-order valence-corrected chi connectivity index (χ3v) is 3.96. The lowest BCUT2D eigenvalue weighted by Crippen LogP contribution is -2.01. The fourth-order valence-electron chi connectivity index (χ4n) is 2.62.